The van der Waals surface area contributed by atoms with Gasteiger partial charge in [-0.1, -0.05) is 12.1 Å². The van der Waals surface area contributed by atoms with Crippen LogP contribution in [0.25, 0.3) is 0 Å². The highest BCUT2D eigenvalue weighted by Crippen LogP contribution is 2.17. The van der Waals surface area contributed by atoms with Gasteiger partial charge in [0.25, 0.3) is 0 Å². The minimum atomic E-state index is -0.203. The second kappa shape index (κ2) is 6.15. The second-order valence-electron chi connectivity index (χ2n) is 5.22. The number of hydrogen-bond donors (Lipinski definition) is 1. The molecule has 1 heterocycles. The molecule has 2 rings (SSSR count). The molecule has 0 aliphatic carbocycles. The summed E-state index contributed by atoms with van der Waals surface area (Å²) in [5, 5.41) is 3.55. The van der Waals surface area contributed by atoms with E-state index in [9.17, 15) is 9.18 Å². The van der Waals surface area contributed by atoms with Crippen LogP contribution in [0.5, 0.6) is 0 Å². The summed E-state index contributed by atoms with van der Waals surface area (Å²) >= 11 is 0. The van der Waals surface area contributed by atoms with Crippen molar-refractivity contribution >= 4 is 5.91 Å². The van der Waals surface area contributed by atoms with Crippen LogP contribution in [0.2, 0.25) is 0 Å². The molecule has 4 heteroatoms. The van der Waals surface area contributed by atoms with Gasteiger partial charge in [-0.25, -0.2) is 4.39 Å². The van der Waals surface area contributed by atoms with E-state index in [0.29, 0.717) is 6.04 Å². The van der Waals surface area contributed by atoms with Crippen molar-refractivity contribution in [3.63, 3.8) is 0 Å². The molecule has 1 aromatic rings. The van der Waals surface area contributed by atoms with E-state index in [1.54, 1.807) is 6.92 Å². The first-order valence-electron chi connectivity index (χ1n) is 6.83. The van der Waals surface area contributed by atoms with Crippen LogP contribution >= 0.6 is 0 Å². The molecule has 0 spiro atoms. The summed E-state index contributed by atoms with van der Waals surface area (Å²) in [5.41, 5.74) is 1.09. The van der Waals surface area contributed by atoms with Crippen LogP contribution in [-0.2, 0) is 4.79 Å². The lowest BCUT2D eigenvalue weighted by atomic mass is 10.0. The minimum Gasteiger partial charge on any atom is -0.343 e. The Morgan fingerprint density at radius 1 is 1.32 bits per heavy atom. The van der Waals surface area contributed by atoms with E-state index in [4.69, 9.17) is 0 Å². The fourth-order valence-electron chi connectivity index (χ4n) is 2.56. The summed E-state index contributed by atoms with van der Waals surface area (Å²) in [6.07, 6.45) is 1.95. The van der Waals surface area contributed by atoms with E-state index >= 15 is 0 Å². The van der Waals surface area contributed by atoms with Crippen molar-refractivity contribution in [2.75, 3.05) is 13.1 Å². The maximum absolute atomic E-state index is 12.9. The molecular weight excluding hydrogens is 243 g/mol. The van der Waals surface area contributed by atoms with Gasteiger partial charge in [-0.2, -0.15) is 0 Å². The smallest absolute Gasteiger partial charge is 0.219 e. The number of nitrogens with one attached hydrogen (secondary N) is 1. The van der Waals surface area contributed by atoms with E-state index in [1.165, 1.54) is 12.1 Å². The predicted octanol–water partition coefficient (Wildman–Crippen LogP) is 2.49. The maximum atomic E-state index is 12.9. The Bertz CT molecular complexity index is 424. The number of amides is 1. The largest absolute Gasteiger partial charge is 0.343 e. The number of rotatable bonds is 3. The highest BCUT2D eigenvalue weighted by Gasteiger charge is 2.21. The molecule has 1 N–H and O–H groups in total. The van der Waals surface area contributed by atoms with E-state index in [-0.39, 0.29) is 17.8 Å². The number of nitrogens with zero attached hydrogens (tertiary/aromatic N) is 1. The summed E-state index contributed by atoms with van der Waals surface area (Å²) in [6, 6.07) is 7.25. The van der Waals surface area contributed by atoms with E-state index in [1.807, 2.05) is 17.0 Å². The summed E-state index contributed by atoms with van der Waals surface area (Å²) in [5.74, 6) is -0.0456. The fourth-order valence-corrected chi connectivity index (χ4v) is 2.56. The molecule has 1 atom stereocenters. The third-order valence-electron chi connectivity index (χ3n) is 3.80. The van der Waals surface area contributed by atoms with Crippen LogP contribution in [-0.4, -0.2) is 29.9 Å². The van der Waals surface area contributed by atoms with Crippen molar-refractivity contribution in [3.05, 3.63) is 35.6 Å². The van der Waals surface area contributed by atoms with Gasteiger partial charge >= 0.3 is 0 Å². The molecule has 0 aromatic heterocycles. The number of carbonyl (C=O) groups excluding carboxylic acids is 1. The van der Waals surface area contributed by atoms with Gasteiger partial charge in [0, 0.05) is 32.1 Å². The molecule has 3 nitrogen and oxygen atoms in total. The standard InChI is InChI=1S/C15H21FN2O/c1-11(13-3-5-14(16)6-4-13)17-15-7-9-18(10-8-15)12(2)19/h3-6,11,15,17H,7-10H2,1-2H3. The number of piperidine rings is 1. The van der Waals surface area contributed by atoms with Crippen LogP contribution in [0.15, 0.2) is 24.3 Å². The number of benzene rings is 1. The first-order chi connectivity index (χ1) is 9.06. The first kappa shape index (κ1) is 14.0. The third-order valence-corrected chi connectivity index (χ3v) is 3.80. The van der Waals surface area contributed by atoms with E-state index in [2.05, 4.69) is 12.2 Å². The Kier molecular flexibility index (Phi) is 4.53. The zero-order valence-electron chi connectivity index (χ0n) is 11.5. The van der Waals surface area contributed by atoms with Crippen molar-refractivity contribution in [1.82, 2.24) is 10.2 Å². The number of carbonyl (C=O) groups is 1. The van der Waals surface area contributed by atoms with E-state index < -0.39 is 0 Å². The predicted molar refractivity (Wildman–Crippen MR) is 73.2 cm³/mol. The normalized spacial score (nSPS) is 18.4. The Morgan fingerprint density at radius 2 is 1.89 bits per heavy atom. The zero-order chi connectivity index (χ0) is 13.8. The van der Waals surface area contributed by atoms with Crippen LogP contribution in [0.4, 0.5) is 4.39 Å². The Morgan fingerprint density at radius 3 is 2.42 bits per heavy atom. The van der Waals surface area contributed by atoms with Gasteiger partial charge in [0.1, 0.15) is 5.82 Å². The molecule has 1 aliphatic heterocycles. The molecule has 19 heavy (non-hydrogen) atoms. The van der Waals surface area contributed by atoms with Crippen molar-refractivity contribution in [2.24, 2.45) is 0 Å². The van der Waals surface area contributed by atoms with Gasteiger partial charge in [-0.05, 0) is 37.5 Å². The summed E-state index contributed by atoms with van der Waals surface area (Å²) in [6.45, 7) is 5.35. The topological polar surface area (TPSA) is 32.3 Å². The van der Waals surface area contributed by atoms with Gasteiger partial charge < -0.3 is 10.2 Å². The number of hydrogen-bond acceptors (Lipinski definition) is 2. The molecule has 0 bridgehead atoms. The minimum absolute atomic E-state index is 0.157. The number of halogens is 1. The highest BCUT2D eigenvalue weighted by molar-refractivity contribution is 5.73. The number of likely N-dealkylation sites (tertiary alicyclic amines) is 1. The molecule has 1 fully saturated rings. The highest BCUT2D eigenvalue weighted by atomic mass is 19.1. The van der Waals surface area contributed by atoms with Crippen molar-refractivity contribution in [1.29, 1.82) is 0 Å². The quantitative estimate of drug-likeness (QED) is 0.909. The molecule has 1 saturated heterocycles. The van der Waals surface area contributed by atoms with Gasteiger partial charge in [0.05, 0.1) is 0 Å². The summed E-state index contributed by atoms with van der Waals surface area (Å²) in [7, 11) is 0. The van der Waals surface area contributed by atoms with Crippen LogP contribution < -0.4 is 5.32 Å². The molecule has 1 unspecified atom stereocenters. The lowest BCUT2D eigenvalue weighted by molar-refractivity contribution is -0.129. The average Bonchev–Trinajstić information content (AvgIpc) is 2.40. The lowest BCUT2D eigenvalue weighted by Gasteiger charge is -2.33. The molecule has 1 amide bonds. The SMILES string of the molecule is CC(=O)N1CCC(NC(C)c2ccc(F)cc2)CC1. The fraction of sp³-hybridized carbons (Fsp3) is 0.533. The van der Waals surface area contributed by atoms with Crippen molar-refractivity contribution in [2.45, 2.75) is 38.8 Å². The zero-order valence-corrected chi connectivity index (χ0v) is 11.5. The molecule has 0 saturated carbocycles. The van der Waals surface area contributed by atoms with Crippen LogP contribution in [0.3, 0.4) is 0 Å². The monoisotopic (exact) mass is 264 g/mol. The van der Waals surface area contributed by atoms with Gasteiger partial charge in [0.15, 0.2) is 0 Å². The third kappa shape index (κ3) is 3.77. The van der Waals surface area contributed by atoms with Crippen LogP contribution in [0, 0.1) is 5.82 Å². The summed E-state index contributed by atoms with van der Waals surface area (Å²) in [4.78, 5) is 13.1. The van der Waals surface area contributed by atoms with E-state index in [0.717, 1.165) is 31.5 Å². The summed E-state index contributed by atoms with van der Waals surface area (Å²) < 4.78 is 12.9. The maximum Gasteiger partial charge on any atom is 0.219 e. The van der Waals surface area contributed by atoms with Gasteiger partial charge in [-0.15, -0.1) is 0 Å². The first-order valence-corrected chi connectivity index (χ1v) is 6.83. The van der Waals surface area contributed by atoms with Crippen LogP contribution in [0.1, 0.15) is 38.3 Å². The van der Waals surface area contributed by atoms with Crippen molar-refractivity contribution < 1.29 is 9.18 Å². The average molecular weight is 264 g/mol. The van der Waals surface area contributed by atoms with Gasteiger partial charge in [-0.3, -0.25) is 4.79 Å². The Labute approximate surface area is 113 Å². The second-order valence-corrected chi connectivity index (χ2v) is 5.22. The Balaban J connectivity index is 1.85. The Hall–Kier alpha value is -1.42. The van der Waals surface area contributed by atoms with Gasteiger partial charge in [0.2, 0.25) is 5.91 Å². The molecular formula is C15H21FN2O. The molecule has 104 valence electrons. The molecule has 0 radical (unpaired) electrons. The lowest BCUT2D eigenvalue weighted by Crippen LogP contribution is -2.44. The molecule has 1 aliphatic rings. The van der Waals surface area contributed by atoms with Crippen molar-refractivity contribution in [3.8, 4) is 0 Å². The molecule has 1 aromatic carbocycles.